The number of nitriles is 1. The highest BCUT2D eigenvalue weighted by atomic mass is 19.1. The predicted octanol–water partition coefficient (Wildman–Crippen LogP) is 4.18. The van der Waals surface area contributed by atoms with Crippen molar-refractivity contribution in [2.45, 2.75) is 58.2 Å². The Hall–Kier alpha value is -3.51. The largest absolute Gasteiger partial charge is 0.493 e. The maximum Gasteiger partial charge on any atom is 0.349 e. The first-order valence-electron chi connectivity index (χ1n) is 13.0. The van der Waals surface area contributed by atoms with Crippen LogP contribution in [0.3, 0.4) is 0 Å². The maximum absolute atomic E-state index is 15.2. The number of benzene rings is 1. The molecule has 8 nitrogen and oxygen atoms in total. The Morgan fingerprint density at radius 3 is 2.68 bits per heavy atom. The first-order valence-corrected chi connectivity index (χ1v) is 13.0. The van der Waals surface area contributed by atoms with Gasteiger partial charge in [0.05, 0.1) is 12.1 Å². The van der Waals surface area contributed by atoms with Gasteiger partial charge in [-0.2, -0.15) is 10.2 Å². The summed E-state index contributed by atoms with van der Waals surface area (Å²) in [4.78, 5) is 26.0. The molecular weight excluding hydrogens is 471 g/mol. The summed E-state index contributed by atoms with van der Waals surface area (Å²) >= 11 is 0. The number of rotatable bonds is 7. The summed E-state index contributed by atoms with van der Waals surface area (Å²) in [5.41, 5.74) is 1.74. The van der Waals surface area contributed by atoms with Gasteiger partial charge >= 0.3 is 5.69 Å². The summed E-state index contributed by atoms with van der Waals surface area (Å²) < 4.78 is 22.4. The molecule has 0 spiro atoms. The van der Waals surface area contributed by atoms with Crippen LogP contribution in [0.2, 0.25) is 0 Å². The third-order valence-electron chi connectivity index (χ3n) is 7.78. The van der Waals surface area contributed by atoms with Crippen LogP contribution in [0.4, 0.5) is 10.2 Å². The molecule has 37 heavy (non-hydrogen) atoms. The van der Waals surface area contributed by atoms with E-state index in [4.69, 9.17) is 4.74 Å². The standard InChI is InChI=1S/C28H33FN6O2/c1-5-21-15-34(27-26-25(33(4)28(36)32-27)11-8-20(13-30)31-26)17(2)14-35(21)18(3)23-10-9-22(12-24(23)29)37-16-19-6-7-19/h8-12,17-19,21H,5-7,14-16H2,1-4H3/t17-,18?,21+/m0/s1. The molecule has 1 aliphatic carbocycles. The number of aromatic nitrogens is 3. The molecule has 0 N–H and O–H groups in total. The molecule has 194 valence electrons. The second-order valence-electron chi connectivity index (χ2n) is 10.3. The number of hydrogen-bond acceptors (Lipinski definition) is 7. The van der Waals surface area contributed by atoms with E-state index in [1.54, 1.807) is 19.2 Å². The lowest BCUT2D eigenvalue weighted by atomic mass is 9.98. The number of ether oxygens (including phenoxy) is 1. The van der Waals surface area contributed by atoms with E-state index in [0.717, 1.165) is 6.42 Å². The van der Waals surface area contributed by atoms with Gasteiger partial charge in [-0.1, -0.05) is 13.0 Å². The van der Waals surface area contributed by atoms with Gasteiger partial charge in [-0.05, 0) is 57.2 Å². The molecule has 0 bridgehead atoms. The minimum Gasteiger partial charge on any atom is -0.493 e. The fourth-order valence-electron chi connectivity index (χ4n) is 5.28. The number of halogens is 1. The summed E-state index contributed by atoms with van der Waals surface area (Å²) in [5, 5.41) is 9.39. The topological polar surface area (TPSA) is 87.3 Å². The number of pyridine rings is 1. The molecule has 2 aromatic heterocycles. The molecule has 0 amide bonds. The van der Waals surface area contributed by atoms with Gasteiger partial charge < -0.3 is 9.64 Å². The van der Waals surface area contributed by atoms with Gasteiger partial charge in [0.15, 0.2) is 5.82 Å². The Balaban J connectivity index is 1.42. The van der Waals surface area contributed by atoms with Crippen molar-refractivity contribution in [1.82, 2.24) is 19.4 Å². The summed E-state index contributed by atoms with van der Waals surface area (Å²) in [5.74, 6) is 1.44. The van der Waals surface area contributed by atoms with Crippen molar-refractivity contribution in [1.29, 1.82) is 5.26 Å². The van der Waals surface area contributed by atoms with E-state index >= 15 is 4.39 Å². The van der Waals surface area contributed by atoms with Gasteiger partial charge in [0.1, 0.15) is 28.8 Å². The SMILES string of the molecule is CC[C@@H]1CN(c2nc(=O)n(C)c3ccc(C#N)nc23)[C@@H](C)CN1C(C)c1ccc(OCC2CC2)cc1F. The third-order valence-corrected chi connectivity index (χ3v) is 7.78. The minimum absolute atomic E-state index is 0.00944. The molecule has 9 heteroatoms. The zero-order valence-electron chi connectivity index (χ0n) is 21.8. The fraction of sp³-hybridized carbons (Fsp3) is 0.500. The number of anilines is 1. The summed E-state index contributed by atoms with van der Waals surface area (Å²) in [6, 6.07) is 10.6. The monoisotopic (exact) mass is 504 g/mol. The van der Waals surface area contributed by atoms with Gasteiger partial charge in [-0.3, -0.25) is 9.47 Å². The van der Waals surface area contributed by atoms with Crippen molar-refractivity contribution in [3.05, 3.63) is 57.9 Å². The molecule has 1 saturated heterocycles. The van der Waals surface area contributed by atoms with Crippen LogP contribution in [-0.4, -0.2) is 51.2 Å². The van der Waals surface area contributed by atoms with Crippen molar-refractivity contribution < 1.29 is 9.13 Å². The van der Waals surface area contributed by atoms with Crippen LogP contribution in [0.15, 0.2) is 35.1 Å². The number of piperazine rings is 1. The molecule has 1 aromatic carbocycles. The van der Waals surface area contributed by atoms with Crippen LogP contribution >= 0.6 is 0 Å². The second-order valence-corrected chi connectivity index (χ2v) is 10.3. The molecule has 1 aliphatic heterocycles. The molecule has 5 rings (SSSR count). The molecule has 1 saturated carbocycles. The van der Waals surface area contributed by atoms with E-state index in [2.05, 4.69) is 39.7 Å². The van der Waals surface area contributed by atoms with E-state index < -0.39 is 0 Å². The lowest BCUT2D eigenvalue weighted by Gasteiger charge is -2.48. The smallest absolute Gasteiger partial charge is 0.349 e. The van der Waals surface area contributed by atoms with E-state index in [9.17, 15) is 10.1 Å². The molecule has 2 fully saturated rings. The molecule has 1 unspecified atom stereocenters. The summed E-state index contributed by atoms with van der Waals surface area (Å²) in [7, 11) is 1.66. The van der Waals surface area contributed by atoms with Crippen molar-refractivity contribution >= 4 is 16.9 Å². The quantitative estimate of drug-likeness (QED) is 0.477. The van der Waals surface area contributed by atoms with E-state index in [1.165, 1.54) is 23.5 Å². The predicted molar refractivity (Wildman–Crippen MR) is 140 cm³/mol. The minimum atomic E-state index is -0.365. The second kappa shape index (κ2) is 10.1. The maximum atomic E-state index is 15.2. The average molecular weight is 505 g/mol. The molecule has 3 atom stereocenters. The van der Waals surface area contributed by atoms with Gasteiger partial charge in [0, 0.05) is 49.9 Å². The van der Waals surface area contributed by atoms with Gasteiger partial charge in [0.2, 0.25) is 0 Å². The highest BCUT2D eigenvalue weighted by molar-refractivity contribution is 5.86. The van der Waals surface area contributed by atoms with Crippen LogP contribution in [0, 0.1) is 23.1 Å². The van der Waals surface area contributed by atoms with Gasteiger partial charge in [-0.25, -0.2) is 14.2 Å². The fourth-order valence-corrected chi connectivity index (χ4v) is 5.28. The summed E-state index contributed by atoms with van der Waals surface area (Å²) in [6.45, 7) is 8.17. The van der Waals surface area contributed by atoms with Gasteiger partial charge in [0.25, 0.3) is 0 Å². The van der Waals surface area contributed by atoms with E-state index in [1.807, 2.05) is 19.1 Å². The first-order chi connectivity index (χ1) is 17.8. The molecule has 3 heterocycles. The Morgan fingerprint density at radius 2 is 2.00 bits per heavy atom. The van der Waals surface area contributed by atoms with E-state index in [-0.39, 0.29) is 35.3 Å². The molecule has 2 aliphatic rings. The lowest BCUT2D eigenvalue weighted by molar-refractivity contribution is 0.104. The summed E-state index contributed by atoms with van der Waals surface area (Å²) in [6.07, 6.45) is 3.23. The molecule has 3 aromatic rings. The number of fused-ring (bicyclic) bond motifs is 1. The Kier molecular flexibility index (Phi) is 6.86. The van der Waals surface area contributed by atoms with Crippen LogP contribution in [0.5, 0.6) is 5.75 Å². The molecular formula is C28H33FN6O2. The Morgan fingerprint density at radius 1 is 1.22 bits per heavy atom. The highest BCUT2D eigenvalue weighted by Crippen LogP contribution is 2.35. The number of aryl methyl sites for hydroxylation is 1. The van der Waals surface area contributed by atoms with Crippen LogP contribution in [0.1, 0.15) is 57.3 Å². The van der Waals surface area contributed by atoms with Crippen molar-refractivity contribution in [3.63, 3.8) is 0 Å². The van der Waals surface area contributed by atoms with Crippen LogP contribution in [0.25, 0.3) is 11.0 Å². The normalized spacial score (nSPS) is 21.1. The van der Waals surface area contributed by atoms with Crippen molar-refractivity contribution in [3.8, 4) is 11.8 Å². The Labute approximate surface area is 216 Å². The van der Waals surface area contributed by atoms with Crippen molar-refractivity contribution in [2.75, 3.05) is 24.6 Å². The highest BCUT2D eigenvalue weighted by Gasteiger charge is 2.36. The zero-order valence-corrected chi connectivity index (χ0v) is 21.8. The first kappa shape index (κ1) is 25.2. The third kappa shape index (κ3) is 4.90. The Bertz CT molecular complexity index is 1410. The van der Waals surface area contributed by atoms with Gasteiger partial charge in [-0.15, -0.1) is 0 Å². The zero-order chi connectivity index (χ0) is 26.3. The molecule has 0 radical (unpaired) electrons. The number of nitrogens with zero attached hydrogens (tertiary/aromatic N) is 6. The average Bonchev–Trinajstić information content (AvgIpc) is 3.73. The van der Waals surface area contributed by atoms with Crippen molar-refractivity contribution in [2.24, 2.45) is 13.0 Å². The lowest BCUT2D eigenvalue weighted by Crippen LogP contribution is -2.58. The number of hydrogen-bond donors (Lipinski definition) is 0. The van der Waals surface area contributed by atoms with Crippen LogP contribution in [-0.2, 0) is 7.05 Å². The van der Waals surface area contributed by atoms with E-state index in [0.29, 0.717) is 53.8 Å². The van der Waals surface area contributed by atoms with Crippen LogP contribution < -0.4 is 15.3 Å².